The molecule has 0 saturated carbocycles. The maximum Gasteiger partial charge on any atom is 0.322 e. The standard InChI is InChI=1S/C8H14N4OS/c1-4-5-13-7-10-6(9-2)11-8(12-7)14-3/h4-5H2,1-3H3,(H,9,10,11,12). The maximum absolute atomic E-state index is 5.32. The molecular formula is C8H14N4OS. The fourth-order valence-corrected chi connectivity index (χ4v) is 1.15. The van der Waals surface area contributed by atoms with Crippen molar-refractivity contribution in [2.45, 2.75) is 18.5 Å². The first-order chi connectivity index (χ1) is 6.80. The lowest BCUT2D eigenvalue weighted by Crippen LogP contribution is -2.05. The third kappa shape index (κ3) is 3.02. The van der Waals surface area contributed by atoms with Gasteiger partial charge in [0.2, 0.25) is 5.95 Å². The van der Waals surface area contributed by atoms with Crippen LogP contribution in [0.5, 0.6) is 6.01 Å². The van der Waals surface area contributed by atoms with Crippen LogP contribution >= 0.6 is 11.8 Å². The number of anilines is 1. The third-order valence-corrected chi connectivity index (χ3v) is 1.98. The van der Waals surface area contributed by atoms with Gasteiger partial charge in [0.15, 0.2) is 5.16 Å². The first-order valence-electron chi connectivity index (χ1n) is 4.40. The molecule has 6 heteroatoms. The lowest BCUT2D eigenvalue weighted by Gasteiger charge is -2.05. The number of rotatable bonds is 5. The Morgan fingerprint density at radius 3 is 2.71 bits per heavy atom. The highest BCUT2D eigenvalue weighted by molar-refractivity contribution is 7.98. The Morgan fingerprint density at radius 1 is 1.36 bits per heavy atom. The van der Waals surface area contributed by atoms with Crippen molar-refractivity contribution >= 4 is 17.7 Å². The summed E-state index contributed by atoms with van der Waals surface area (Å²) in [7, 11) is 1.77. The number of nitrogens with one attached hydrogen (secondary N) is 1. The van der Waals surface area contributed by atoms with Crippen LogP contribution in [0.25, 0.3) is 0 Å². The van der Waals surface area contributed by atoms with Crippen molar-refractivity contribution in [1.82, 2.24) is 15.0 Å². The topological polar surface area (TPSA) is 59.9 Å². The molecule has 0 aliphatic rings. The van der Waals surface area contributed by atoms with Crippen LogP contribution in [-0.2, 0) is 0 Å². The molecule has 0 atom stereocenters. The van der Waals surface area contributed by atoms with Gasteiger partial charge in [0.05, 0.1) is 6.61 Å². The van der Waals surface area contributed by atoms with Gasteiger partial charge in [-0.1, -0.05) is 18.7 Å². The van der Waals surface area contributed by atoms with Gasteiger partial charge in [-0.15, -0.1) is 0 Å². The molecule has 0 amide bonds. The highest BCUT2D eigenvalue weighted by atomic mass is 32.2. The summed E-state index contributed by atoms with van der Waals surface area (Å²) < 4.78 is 5.32. The van der Waals surface area contributed by atoms with E-state index >= 15 is 0 Å². The molecule has 1 aromatic rings. The molecule has 0 unspecified atom stereocenters. The zero-order valence-electron chi connectivity index (χ0n) is 8.57. The van der Waals surface area contributed by atoms with E-state index in [0.29, 0.717) is 23.7 Å². The molecule has 0 spiro atoms. The van der Waals surface area contributed by atoms with Gasteiger partial charge in [-0.2, -0.15) is 15.0 Å². The van der Waals surface area contributed by atoms with Gasteiger partial charge >= 0.3 is 6.01 Å². The summed E-state index contributed by atoms with van der Waals surface area (Å²) in [6, 6.07) is 0.385. The van der Waals surface area contributed by atoms with Crippen molar-refractivity contribution in [2.75, 3.05) is 25.2 Å². The average molecular weight is 214 g/mol. The summed E-state index contributed by atoms with van der Waals surface area (Å²) in [4.78, 5) is 12.3. The lowest BCUT2D eigenvalue weighted by molar-refractivity contribution is 0.288. The minimum absolute atomic E-state index is 0.385. The van der Waals surface area contributed by atoms with Crippen molar-refractivity contribution in [3.8, 4) is 6.01 Å². The van der Waals surface area contributed by atoms with Crippen LogP contribution in [0, 0.1) is 0 Å². The molecule has 1 N–H and O–H groups in total. The zero-order chi connectivity index (χ0) is 10.4. The molecule has 5 nitrogen and oxygen atoms in total. The third-order valence-electron chi connectivity index (χ3n) is 1.44. The predicted molar refractivity (Wildman–Crippen MR) is 56.9 cm³/mol. The van der Waals surface area contributed by atoms with Crippen molar-refractivity contribution < 1.29 is 4.74 Å². The van der Waals surface area contributed by atoms with Gasteiger partial charge in [-0.3, -0.25) is 0 Å². The van der Waals surface area contributed by atoms with Crippen LogP contribution < -0.4 is 10.1 Å². The van der Waals surface area contributed by atoms with Gasteiger partial charge in [0.1, 0.15) is 0 Å². The summed E-state index contributed by atoms with van der Waals surface area (Å²) >= 11 is 1.46. The van der Waals surface area contributed by atoms with Crippen molar-refractivity contribution in [3.05, 3.63) is 0 Å². The quantitative estimate of drug-likeness (QED) is 0.748. The van der Waals surface area contributed by atoms with E-state index in [4.69, 9.17) is 4.74 Å². The van der Waals surface area contributed by atoms with E-state index < -0.39 is 0 Å². The molecule has 0 fully saturated rings. The van der Waals surface area contributed by atoms with Crippen LogP contribution in [0.3, 0.4) is 0 Å². The number of hydrogen-bond donors (Lipinski definition) is 1. The molecule has 78 valence electrons. The van der Waals surface area contributed by atoms with Crippen LogP contribution in [0.1, 0.15) is 13.3 Å². The molecule has 0 aromatic carbocycles. The van der Waals surface area contributed by atoms with Gasteiger partial charge in [0.25, 0.3) is 0 Å². The van der Waals surface area contributed by atoms with E-state index in [2.05, 4.69) is 20.3 Å². The second-order valence-corrected chi connectivity index (χ2v) is 3.30. The largest absolute Gasteiger partial charge is 0.463 e. The molecular weight excluding hydrogens is 200 g/mol. The number of nitrogens with zero attached hydrogens (tertiary/aromatic N) is 3. The van der Waals surface area contributed by atoms with E-state index in [9.17, 15) is 0 Å². The second kappa shape index (κ2) is 5.64. The predicted octanol–water partition coefficient (Wildman–Crippen LogP) is 1.42. The van der Waals surface area contributed by atoms with Crippen LogP contribution in [-0.4, -0.2) is 34.9 Å². The van der Waals surface area contributed by atoms with Crippen LogP contribution in [0.15, 0.2) is 5.16 Å². The Bertz CT molecular complexity index is 272. The van der Waals surface area contributed by atoms with Crippen molar-refractivity contribution in [3.63, 3.8) is 0 Å². The Balaban J connectivity index is 2.81. The smallest absolute Gasteiger partial charge is 0.322 e. The lowest BCUT2D eigenvalue weighted by atomic mass is 10.5. The number of ether oxygens (including phenoxy) is 1. The van der Waals surface area contributed by atoms with Gasteiger partial charge in [-0.25, -0.2) is 0 Å². The van der Waals surface area contributed by atoms with Crippen molar-refractivity contribution in [1.29, 1.82) is 0 Å². The Labute approximate surface area is 87.7 Å². The molecule has 0 radical (unpaired) electrons. The van der Waals surface area contributed by atoms with Crippen molar-refractivity contribution in [2.24, 2.45) is 0 Å². The summed E-state index contributed by atoms with van der Waals surface area (Å²) in [6.07, 6.45) is 2.85. The average Bonchev–Trinajstić information content (AvgIpc) is 2.25. The molecule has 0 saturated heterocycles. The number of aromatic nitrogens is 3. The Morgan fingerprint density at radius 2 is 2.14 bits per heavy atom. The van der Waals surface area contributed by atoms with E-state index in [-0.39, 0.29) is 0 Å². The van der Waals surface area contributed by atoms with E-state index in [1.54, 1.807) is 7.05 Å². The van der Waals surface area contributed by atoms with E-state index in [0.717, 1.165) is 6.42 Å². The van der Waals surface area contributed by atoms with Gasteiger partial charge in [0, 0.05) is 7.05 Å². The van der Waals surface area contributed by atoms with Crippen LogP contribution in [0.4, 0.5) is 5.95 Å². The number of thioether (sulfide) groups is 1. The second-order valence-electron chi connectivity index (χ2n) is 2.53. The summed E-state index contributed by atoms with van der Waals surface area (Å²) in [5.41, 5.74) is 0. The highest BCUT2D eigenvalue weighted by Crippen LogP contribution is 2.14. The maximum atomic E-state index is 5.32. The molecule has 1 heterocycles. The van der Waals surface area contributed by atoms with E-state index in [1.807, 2.05) is 13.2 Å². The molecule has 0 bridgehead atoms. The summed E-state index contributed by atoms with van der Waals surface area (Å²) in [6.45, 7) is 2.66. The number of hydrogen-bond acceptors (Lipinski definition) is 6. The molecule has 0 aliphatic heterocycles. The van der Waals surface area contributed by atoms with Gasteiger partial charge in [-0.05, 0) is 12.7 Å². The Hall–Kier alpha value is -1.04. The summed E-state index contributed by atoms with van der Waals surface area (Å²) in [5.74, 6) is 0.537. The first-order valence-corrected chi connectivity index (χ1v) is 5.63. The fraction of sp³-hybridized carbons (Fsp3) is 0.625. The SMILES string of the molecule is CCCOc1nc(NC)nc(SC)n1. The zero-order valence-corrected chi connectivity index (χ0v) is 9.39. The monoisotopic (exact) mass is 214 g/mol. The van der Waals surface area contributed by atoms with Crippen LogP contribution in [0.2, 0.25) is 0 Å². The van der Waals surface area contributed by atoms with Gasteiger partial charge < -0.3 is 10.1 Å². The molecule has 0 aliphatic carbocycles. The normalized spacial score (nSPS) is 9.93. The molecule has 14 heavy (non-hydrogen) atoms. The fourth-order valence-electron chi connectivity index (χ4n) is 0.799. The van der Waals surface area contributed by atoms with E-state index in [1.165, 1.54) is 11.8 Å². The summed E-state index contributed by atoms with van der Waals surface area (Å²) in [5, 5.41) is 3.53. The minimum Gasteiger partial charge on any atom is -0.463 e. The highest BCUT2D eigenvalue weighted by Gasteiger charge is 2.04. The molecule has 1 aromatic heterocycles. The first kappa shape index (κ1) is 11.0. The Kier molecular flexibility index (Phi) is 4.45. The molecule has 1 rings (SSSR count). The minimum atomic E-state index is 0.385.